The van der Waals surface area contributed by atoms with Crippen molar-refractivity contribution in [3.63, 3.8) is 0 Å². The Balaban J connectivity index is 2.22. The predicted octanol–water partition coefficient (Wildman–Crippen LogP) is 5.43. The fourth-order valence-electron chi connectivity index (χ4n) is 1.86. The monoisotopic (exact) mass is 407 g/mol. The van der Waals surface area contributed by atoms with Crippen LogP contribution in [0, 0.1) is 0 Å². The van der Waals surface area contributed by atoms with Gasteiger partial charge in [0.05, 0.1) is 7.57 Å². The summed E-state index contributed by atoms with van der Waals surface area (Å²) in [6.45, 7) is 0. The first-order chi connectivity index (χ1) is 8.60. The molecule has 1 aromatic heterocycles. The summed E-state index contributed by atoms with van der Waals surface area (Å²) in [6, 6.07) is 10.4. The maximum Gasteiger partial charge on any atom is 0.0758 e. The maximum absolute atomic E-state index is 6.02. The smallest absolute Gasteiger partial charge is 0.0758 e. The Kier molecular flexibility index (Phi) is 5.27. The van der Waals surface area contributed by atoms with Crippen LogP contribution in [0.1, 0.15) is 17.2 Å². The van der Waals surface area contributed by atoms with Gasteiger partial charge in [-0.1, -0.05) is 23.7 Å². The molecule has 96 valence electrons. The Morgan fingerprint density at radius 2 is 2.11 bits per heavy atom. The van der Waals surface area contributed by atoms with Gasteiger partial charge in [0, 0.05) is 11.1 Å². The van der Waals surface area contributed by atoms with E-state index in [2.05, 4.69) is 49.3 Å². The summed E-state index contributed by atoms with van der Waals surface area (Å²) in [7, 11) is 1.98. The molecule has 0 fully saturated rings. The molecule has 1 heterocycles. The lowest BCUT2D eigenvalue weighted by Crippen LogP contribution is -2.18. The van der Waals surface area contributed by atoms with Crippen LogP contribution < -0.4 is 5.32 Å². The van der Waals surface area contributed by atoms with E-state index in [1.54, 1.807) is 11.3 Å². The van der Waals surface area contributed by atoms with Crippen LogP contribution in [0.25, 0.3) is 0 Å². The second-order valence-electron chi connectivity index (χ2n) is 3.95. The van der Waals surface area contributed by atoms with Gasteiger partial charge in [-0.2, -0.15) is 0 Å². The van der Waals surface area contributed by atoms with Gasteiger partial charge >= 0.3 is 0 Å². The van der Waals surface area contributed by atoms with Crippen LogP contribution in [0.3, 0.4) is 0 Å². The molecule has 1 N–H and O–H groups in total. The number of rotatable bonds is 4. The van der Waals surface area contributed by atoms with Gasteiger partial charge in [-0.15, -0.1) is 11.3 Å². The Morgan fingerprint density at radius 1 is 1.33 bits per heavy atom. The highest BCUT2D eigenvalue weighted by molar-refractivity contribution is 9.12. The molecule has 1 nitrogen and oxygen atoms in total. The quantitative estimate of drug-likeness (QED) is 0.710. The number of nitrogens with one attached hydrogen (secondary N) is 1. The minimum absolute atomic E-state index is 0.278. The van der Waals surface area contributed by atoms with Crippen molar-refractivity contribution in [3.8, 4) is 0 Å². The number of likely N-dealkylation sites (N-methyl/N-ethyl adjacent to an activating group) is 1. The first kappa shape index (κ1) is 14.5. The molecule has 1 aromatic carbocycles. The Hall–Kier alpha value is 0.130. The molecule has 5 heteroatoms. The van der Waals surface area contributed by atoms with E-state index in [0.29, 0.717) is 0 Å². The standard InChI is InChI=1S/C13H12Br2ClNS/c1-17-11(10-7-12(14)18-13(10)15)6-8-3-2-4-9(16)5-8/h2-5,7,11,17H,6H2,1H3. The van der Waals surface area contributed by atoms with E-state index in [0.717, 1.165) is 19.0 Å². The van der Waals surface area contributed by atoms with Crippen LogP contribution in [0.15, 0.2) is 37.9 Å². The van der Waals surface area contributed by atoms with Crippen LogP contribution in [0.5, 0.6) is 0 Å². The molecule has 18 heavy (non-hydrogen) atoms. The van der Waals surface area contributed by atoms with Gasteiger partial charge in [0.1, 0.15) is 0 Å². The molecule has 2 aromatic rings. The van der Waals surface area contributed by atoms with Gasteiger partial charge in [-0.05, 0) is 74.7 Å². The first-order valence-electron chi connectivity index (χ1n) is 5.46. The van der Waals surface area contributed by atoms with E-state index in [9.17, 15) is 0 Å². The molecule has 0 bridgehead atoms. The number of benzene rings is 1. The first-order valence-corrected chi connectivity index (χ1v) is 8.24. The minimum atomic E-state index is 0.278. The molecule has 0 amide bonds. The number of thiophene rings is 1. The van der Waals surface area contributed by atoms with Crippen molar-refractivity contribution in [1.29, 1.82) is 0 Å². The SMILES string of the molecule is CNC(Cc1cccc(Cl)c1)c1cc(Br)sc1Br. The van der Waals surface area contributed by atoms with Gasteiger partial charge in [0.2, 0.25) is 0 Å². The number of hydrogen-bond acceptors (Lipinski definition) is 2. The molecule has 1 atom stereocenters. The van der Waals surface area contributed by atoms with Crippen LogP contribution in [-0.2, 0) is 6.42 Å². The zero-order chi connectivity index (χ0) is 13.1. The third-order valence-corrected chi connectivity index (χ3v) is 5.36. The van der Waals surface area contributed by atoms with E-state index in [1.165, 1.54) is 11.1 Å². The second kappa shape index (κ2) is 6.53. The van der Waals surface area contributed by atoms with Gasteiger partial charge in [0.25, 0.3) is 0 Å². The zero-order valence-electron chi connectivity index (χ0n) is 9.71. The normalized spacial score (nSPS) is 12.7. The summed E-state index contributed by atoms with van der Waals surface area (Å²) in [6.07, 6.45) is 0.916. The van der Waals surface area contributed by atoms with E-state index in [-0.39, 0.29) is 6.04 Å². The Morgan fingerprint density at radius 3 is 2.67 bits per heavy atom. The molecular weight excluding hydrogens is 397 g/mol. The predicted molar refractivity (Wildman–Crippen MR) is 86.7 cm³/mol. The van der Waals surface area contributed by atoms with Crippen molar-refractivity contribution in [2.75, 3.05) is 7.05 Å². The van der Waals surface area contributed by atoms with Crippen molar-refractivity contribution in [3.05, 3.63) is 54.1 Å². The van der Waals surface area contributed by atoms with Gasteiger partial charge in [-0.25, -0.2) is 0 Å². The maximum atomic E-state index is 6.02. The minimum Gasteiger partial charge on any atom is -0.313 e. The van der Waals surface area contributed by atoms with Crippen molar-refractivity contribution in [1.82, 2.24) is 5.32 Å². The molecule has 0 radical (unpaired) electrons. The molecular formula is C13H12Br2ClNS. The largest absolute Gasteiger partial charge is 0.313 e. The van der Waals surface area contributed by atoms with E-state index < -0.39 is 0 Å². The third-order valence-electron chi connectivity index (χ3n) is 2.74. The van der Waals surface area contributed by atoms with Gasteiger partial charge < -0.3 is 5.32 Å². The number of halogens is 3. The van der Waals surface area contributed by atoms with Gasteiger partial charge in [0.15, 0.2) is 0 Å². The van der Waals surface area contributed by atoms with Crippen LogP contribution in [0.2, 0.25) is 5.02 Å². The molecule has 0 aliphatic heterocycles. The third kappa shape index (κ3) is 3.58. The second-order valence-corrected chi connectivity index (χ2v) is 8.14. The number of hydrogen-bond donors (Lipinski definition) is 1. The highest BCUT2D eigenvalue weighted by Crippen LogP contribution is 2.36. The lowest BCUT2D eigenvalue weighted by Gasteiger charge is -2.16. The molecule has 2 rings (SSSR count). The summed E-state index contributed by atoms with van der Waals surface area (Å²) in [5, 5.41) is 4.14. The average molecular weight is 410 g/mol. The summed E-state index contributed by atoms with van der Waals surface area (Å²) in [5.74, 6) is 0. The lowest BCUT2D eigenvalue weighted by atomic mass is 10.0. The summed E-state index contributed by atoms with van der Waals surface area (Å²) in [5.41, 5.74) is 2.51. The van der Waals surface area contributed by atoms with Crippen molar-refractivity contribution in [2.24, 2.45) is 0 Å². The molecule has 0 saturated carbocycles. The fraction of sp³-hybridized carbons (Fsp3) is 0.231. The van der Waals surface area contributed by atoms with Crippen LogP contribution in [-0.4, -0.2) is 7.05 Å². The van der Waals surface area contributed by atoms with Crippen LogP contribution >= 0.6 is 54.8 Å². The molecule has 1 unspecified atom stereocenters. The summed E-state index contributed by atoms with van der Waals surface area (Å²) < 4.78 is 2.30. The fourth-order valence-corrected chi connectivity index (χ4v) is 5.04. The van der Waals surface area contributed by atoms with Crippen molar-refractivity contribution >= 4 is 54.8 Å². The Bertz CT molecular complexity index is 542. The highest BCUT2D eigenvalue weighted by atomic mass is 79.9. The van der Waals surface area contributed by atoms with E-state index in [4.69, 9.17) is 11.6 Å². The topological polar surface area (TPSA) is 12.0 Å². The zero-order valence-corrected chi connectivity index (χ0v) is 14.5. The molecule has 0 aliphatic carbocycles. The highest BCUT2D eigenvalue weighted by Gasteiger charge is 2.16. The van der Waals surface area contributed by atoms with Crippen molar-refractivity contribution < 1.29 is 0 Å². The average Bonchev–Trinajstić information content (AvgIpc) is 2.65. The van der Waals surface area contributed by atoms with Crippen molar-refractivity contribution in [2.45, 2.75) is 12.5 Å². The van der Waals surface area contributed by atoms with E-state index in [1.807, 2.05) is 25.2 Å². The lowest BCUT2D eigenvalue weighted by molar-refractivity contribution is 0.592. The van der Waals surface area contributed by atoms with Crippen LogP contribution in [0.4, 0.5) is 0 Å². The Labute approximate surface area is 133 Å². The molecule has 0 saturated heterocycles. The summed E-state index contributed by atoms with van der Waals surface area (Å²) in [4.78, 5) is 0. The molecule has 0 aliphatic rings. The summed E-state index contributed by atoms with van der Waals surface area (Å²) >= 11 is 14.8. The molecule has 0 spiro atoms. The van der Waals surface area contributed by atoms with Gasteiger partial charge in [-0.3, -0.25) is 0 Å². The van der Waals surface area contributed by atoms with E-state index >= 15 is 0 Å².